The molecule has 0 aliphatic carbocycles. The summed E-state index contributed by atoms with van der Waals surface area (Å²) < 4.78 is 7.05. The number of allylic oxidation sites excluding steroid dienone is 1. The van der Waals surface area contributed by atoms with Crippen molar-refractivity contribution in [3.63, 3.8) is 0 Å². The average Bonchev–Trinajstić information content (AvgIpc) is 3.49. The van der Waals surface area contributed by atoms with E-state index in [0.717, 1.165) is 11.3 Å². The molecule has 0 aliphatic rings. The molecule has 1 N–H and O–H groups in total. The van der Waals surface area contributed by atoms with Crippen molar-refractivity contribution in [1.29, 1.82) is 0 Å². The molecule has 4 aromatic rings. The van der Waals surface area contributed by atoms with Crippen LogP contribution in [0.2, 0.25) is 5.02 Å². The molecular weight excluding hydrogens is 448 g/mol. The number of furan rings is 1. The lowest BCUT2D eigenvalue weighted by Gasteiger charge is -2.10. The van der Waals surface area contributed by atoms with Crippen LogP contribution >= 0.6 is 23.4 Å². The summed E-state index contributed by atoms with van der Waals surface area (Å²) in [7, 11) is 0. The lowest BCUT2D eigenvalue weighted by atomic mass is 10.2. The first kappa shape index (κ1) is 21.5. The molecule has 3 heterocycles. The van der Waals surface area contributed by atoms with Gasteiger partial charge in [-0.1, -0.05) is 23.4 Å². The maximum atomic E-state index is 12.2. The predicted octanol–water partition coefficient (Wildman–Crippen LogP) is 4.48. The third-order valence-corrected chi connectivity index (χ3v) is 5.32. The molecule has 160 valence electrons. The number of carbonyl (C=O) groups excluding carboxylic acids is 1. The van der Waals surface area contributed by atoms with Gasteiger partial charge in [-0.25, -0.2) is 5.43 Å². The second-order valence-electron chi connectivity index (χ2n) is 6.33. The van der Waals surface area contributed by atoms with Gasteiger partial charge in [-0.2, -0.15) is 5.10 Å². The molecule has 1 aromatic carbocycles. The van der Waals surface area contributed by atoms with Gasteiger partial charge in [0.2, 0.25) is 0 Å². The summed E-state index contributed by atoms with van der Waals surface area (Å²) in [5.74, 6) is 1.18. The second kappa shape index (κ2) is 10.6. The molecule has 0 saturated carbocycles. The van der Waals surface area contributed by atoms with E-state index < -0.39 is 0 Å². The number of hydrazone groups is 1. The molecule has 8 nitrogen and oxygen atoms in total. The van der Waals surface area contributed by atoms with E-state index in [1.54, 1.807) is 49.0 Å². The van der Waals surface area contributed by atoms with Gasteiger partial charge >= 0.3 is 0 Å². The summed E-state index contributed by atoms with van der Waals surface area (Å²) in [5.41, 5.74) is 4.17. The van der Waals surface area contributed by atoms with Crippen molar-refractivity contribution >= 4 is 41.6 Å². The largest absolute Gasteiger partial charge is 0.465 e. The highest BCUT2D eigenvalue weighted by Crippen LogP contribution is 2.28. The number of amides is 1. The van der Waals surface area contributed by atoms with Gasteiger partial charge in [0.1, 0.15) is 5.76 Å². The minimum Gasteiger partial charge on any atom is -0.465 e. The lowest BCUT2D eigenvalue weighted by Crippen LogP contribution is -2.19. The van der Waals surface area contributed by atoms with E-state index >= 15 is 0 Å². The number of hydrogen-bond donors (Lipinski definition) is 1. The Morgan fingerprint density at radius 1 is 1.16 bits per heavy atom. The summed E-state index contributed by atoms with van der Waals surface area (Å²) in [6.07, 6.45) is 9.84. The van der Waals surface area contributed by atoms with Crippen LogP contribution in [-0.2, 0) is 4.79 Å². The van der Waals surface area contributed by atoms with Crippen LogP contribution in [0.1, 0.15) is 5.76 Å². The summed E-state index contributed by atoms with van der Waals surface area (Å²) in [6.45, 7) is 0. The van der Waals surface area contributed by atoms with Crippen molar-refractivity contribution in [1.82, 2.24) is 25.2 Å². The molecule has 0 atom stereocenters. The number of hydrogen-bond acceptors (Lipinski definition) is 7. The number of rotatable bonds is 8. The number of pyridine rings is 1. The third-order valence-electron chi connectivity index (χ3n) is 4.14. The number of nitrogens with one attached hydrogen (secondary N) is 1. The van der Waals surface area contributed by atoms with Crippen LogP contribution in [0.25, 0.3) is 23.2 Å². The topological polar surface area (TPSA) is 98.2 Å². The van der Waals surface area contributed by atoms with Crippen LogP contribution in [-0.4, -0.2) is 37.6 Å². The smallest absolute Gasteiger partial charge is 0.250 e. The minimum absolute atomic E-state index is 0.112. The molecule has 4 rings (SSSR count). The number of aromatic nitrogens is 4. The number of halogens is 1. The molecule has 0 aliphatic heterocycles. The molecule has 10 heteroatoms. The summed E-state index contributed by atoms with van der Waals surface area (Å²) >= 11 is 7.30. The van der Waals surface area contributed by atoms with E-state index in [1.165, 1.54) is 18.0 Å². The fraction of sp³-hybridized carbons (Fsp3) is 0.0455. The molecule has 1 amide bonds. The Morgan fingerprint density at radius 2 is 1.97 bits per heavy atom. The Labute approximate surface area is 193 Å². The van der Waals surface area contributed by atoms with Crippen LogP contribution in [0.3, 0.4) is 0 Å². The molecular formula is C22H17ClN6O2S. The Bertz CT molecular complexity index is 1220. The van der Waals surface area contributed by atoms with E-state index in [9.17, 15) is 4.79 Å². The zero-order valence-corrected chi connectivity index (χ0v) is 18.2. The van der Waals surface area contributed by atoms with Gasteiger partial charge in [0.25, 0.3) is 5.91 Å². The number of thioether (sulfide) groups is 1. The van der Waals surface area contributed by atoms with E-state index in [1.807, 2.05) is 34.9 Å². The first-order valence-corrected chi connectivity index (χ1v) is 10.8. The third kappa shape index (κ3) is 5.51. The van der Waals surface area contributed by atoms with Gasteiger partial charge < -0.3 is 4.42 Å². The number of carbonyl (C=O) groups is 1. The van der Waals surface area contributed by atoms with Crippen LogP contribution < -0.4 is 5.43 Å². The van der Waals surface area contributed by atoms with Crippen molar-refractivity contribution < 1.29 is 9.21 Å². The molecule has 0 radical (unpaired) electrons. The molecule has 0 fully saturated rings. The van der Waals surface area contributed by atoms with Crippen LogP contribution in [0, 0.1) is 0 Å². The fourth-order valence-corrected chi connectivity index (χ4v) is 3.58. The molecule has 0 spiro atoms. The number of nitrogens with zero attached hydrogens (tertiary/aromatic N) is 5. The van der Waals surface area contributed by atoms with Crippen molar-refractivity contribution in [2.75, 3.05) is 5.75 Å². The van der Waals surface area contributed by atoms with E-state index in [-0.39, 0.29) is 11.7 Å². The predicted molar refractivity (Wildman–Crippen MR) is 125 cm³/mol. The number of benzene rings is 1. The monoisotopic (exact) mass is 464 g/mol. The Hall–Kier alpha value is -3.69. The fourth-order valence-electron chi connectivity index (χ4n) is 2.71. The Morgan fingerprint density at radius 3 is 2.72 bits per heavy atom. The average molecular weight is 465 g/mol. The van der Waals surface area contributed by atoms with Crippen molar-refractivity contribution in [2.24, 2.45) is 5.10 Å². The zero-order valence-electron chi connectivity index (χ0n) is 16.6. The second-order valence-corrected chi connectivity index (χ2v) is 7.71. The maximum Gasteiger partial charge on any atom is 0.250 e. The normalized spacial score (nSPS) is 11.4. The minimum atomic E-state index is -0.270. The van der Waals surface area contributed by atoms with Gasteiger partial charge in [-0.05, 0) is 60.7 Å². The highest BCUT2D eigenvalue weighted by molar-refractivity contribution is 7.99. The standard InChI is InChI=1S/C22H17ClN6O2S/c23-17-5-7-18(8-6-17)29-21(16-9-12-24-13-10-16)27-28-22(29)32-15-20(30)26-25-11-1-3-19-4-2-14-31-19/h1-14H,15H2,(H,26,30)/b3-1+,25-11-. The maximum absolute atomic E-state index is 12.2. The van der Waals surface area contributed by atoms with Gasteiger partial charge in [0.15, 0.2) is 11.0 Å². The SMILES string of the molecule is O=C(CSc1nnc(-c2ccncc2)n1-c1ccc(Cl)cc1)N/N=C\C=C\c1ccco1. The van der Waals surface area contributed by atoms with Crippen LogP contribution in [0.4, 0.5) is 0 Å². The van der Waals surface area contributed by atoms with Crippen LogP contribution in [0.15, 0.2) is 87.9 Å². The first-order chi connectivity index (χ1) is 15.7. The van der Waals surface area contributed by atoms with Gasteiger partial charge in [-0.3, -0.25) is 14.3 Å². The van der Waals surface area contributed by atoms with Crippen molar-refractivity contribution in [3.05, 3.63) is 84.0 Å². The van der Waals surface area contributed by atoms with Crippen molar-refractivity contribution in [2.45, 2.75) is 5.16 Å². The quantitative estimate of drug-likeness (QED) is 0.234. The molecule has 0 unspecified atom stereocenters. The Balaban J connectivity index is 1.45. The van der Waals surface area contributed by atoms with Crippen LogP contribution in [0.5, 0.6) is 0 Å². The Kier molecular flexibility index (Phi) is 7.11. The molecule has 3 aromatic heterocycles. The zero-order chi connectivity index (χ0) is 22.2. The van der Waals surface area contributed by atoms with Crippen molar-refractivity contribution in [3.8, 4) is 17.1 Å². The van der Waals surface area contributed by atoms with E-state index in [0.29, 0.717) is 21.8 Å². The summed E-state index contributed by atoms with van der Waals surface area (Å²) in [6, 6.07) is 14.6. The molecule has 0 saturated heterocycles. The van der Waals surface area contributed by atoms with Gasteiger partial charge in [0, 0.05) is 34.9 Å². The van der Waals surface area contributed by atoms with E-state index in [4.69, 9.17) is 16.0 Å². The van der Waals surface area contributed by atoms with E-state index in [2.05, 4.69) is 25.7 Å². The van der Waals surface area contributed by atoms with Gasteiger partial charge in [-0.15, -0.1) is 10.2 Å². The summed E-state index contributed by atoms with van der Waals surface area (Å²) in [4.78, 5) is 16.3. The molecule has 0 bridgehead atoms. The first-order valence-electron chi connectivity index (χ1n) is 9.47. The molecule has 32 heavy (non-hydrogen) atoms. The lowest BCUT2D eigenvalue weighted by molar-refractivity contribution is -0.118. The summed E-state index contributed by atoms with van der Waals surface area (Å²) in [5, 5.41) is 13.7. The highest BCUT2D eigenvalue weighted by atomic mass is 35.5. The van der Waals surface area contributed by atoms with Gasteiger partial charge in [0.05, 0.1) is 12.0 Å². The highest BCUT2D eigenvalue weighted by Gasteiger charge is 2.17.